The molecule has 0 aliphatic carbocycles. The minimum atomic E-state index is -2.50. The summed E-state index contributed by atoms with van der Waals surface area (Å²) >= 11 is 5.81. The van der Waals surface area contributed by atoms with Gasteiger partial charge in [-0.2, -0.15) is 5.10 Å². The summed E-state index contributed by atoms with van der Waals surface area (Å²) in [4.78, 5) is 0. The molecule has 0 radical (unpaired) electrons. The van der Waals surface area contributed by atoms with Gasteiger partial charge >= 0.3 is 0 Å². The first-order valence-electron chi connectivity index (χ1n) is 4.76. The molecule has 0 saturated heterocycles. The summed E-state index contributed by atoms with van der Waals surface area (Å²) in [5, 5.41) is 6.87. The molecule has 0 spiro atoms. The van der Waals surface area contributed by atoms with Crippen molar-refractivity contribution in [2.75, 3.05) is 6.54 Å². The van der Waals surface area contributed by atoms with Gasteiger partial charge in [0.25, 0.3) is 6.43 Å². The van der Waals surface area contributed by atoms with Gasteiger partial charge in [-0.1, -0.05) is 18.5 Å². The van der Waals surface area contributed by atoms with Gasteiger partial charge in [0.1, 0.15) is 6.04 Å². The van der Waals surface area contributed by atoms with E-state index in [1.807, 2.05) is 6.92 Å². The molecule has 15 heavy (non-hydrogen) atoms. The molecule has 0 saturated carbocycles. The number of alkyl halides is 2. The molecule has 1 rings (SSSR count). The van der Waals surface area contributed by atoms with Crippen LogP contribution in [0.2, 0.25) is 5.02 Å². The normalized spacial score (nSPS) is 13.5. The number of nitrogens with zero attached hydrogens (tertiary/aromatic N) is 2. The summed E-state index contributed by atoms with van der Waals surface area (Å²) in [6, 6.07) is -1.05. The van der Waals surface area contributed by atoms with Crippen molar-refractivity contribution in [2.24, 2.45) is 7.05 Å². The lowest BCUT2D eigenvalue weighted by Gasteiger charge is -2.18. The Morgan fingerprint density at radius 2 is 2.27 bits per heavy atom. The van der Waals surface area contributed by atoms with Gasteiger partial charge in [0, 0.05) is 7.05 Å². The van der Waals surface area contributed by atoms with E-state index in [9.17, 15) is 8.78 Å². The maximum Gasteiger partial charge on any atom is 0.259 e. The van der Waals surface area contributed by atoms with Crippen molar-refractivity contribution < 1.29 is 8.78 Å². The Balaban J connectivity index is 2.88. The predicted octanol–water partition coefficient (Wildman–Crippen LogP) is 2.38. The first-order chi connectivity index (χ1) is 7.07. The zero-order valence-electron chi connectivity index (χ0n) is 8.67. The molecule has 1 heterocycles. The zero-order chi connectivity index (χ0) is 11.4. The molecular weight excluding hydrogens is 224 g/mol. The Labute approximate surface area is 92.4 Å². The SMILES string of the molecule is CCCNC(c1c(Cl)cnn1C)C(F)F. The van der Waals surface area contributed by atoms with E-state index in [0.717, 1.165) is 6.42 Å². The van der Waals surface area contributed by atoms with Crippen LogP contribution in [0.15, 0.2) is 6.20 Å². The molecule has 0 aliphatic rings. The average molecular weight is 238 g/mol. The van der Waals surface area contributed by atoms with Crippen LogP contribution in [0.25, 0.3) is 0 Å². The summed E-state index contributed by atoms with van der Waals surface area (Å²) in [6.07, 6.45) is -0.331. The second kappa shape index (κ2) is 5.42. The third kappa shape index (κ3) is 2.89. The third-order valence-corrected chi connectivity index (χ3v) is 2.39. The highest BCUT2D eigenvalue weighted by Gasteiger charge is 2.26. The summed E-state index contributed by atoms with van der Waals surface area (Å²) < 4.78 is 26.9. The first-order valence-corrected chi connectivity index (χ1v) is 5.14. The lowest BCUT2D eigenvalue weighted by atomic mass is 10.2. The van der Waals surface area contributed by atoms with E-state index in [4.69, 9.17) is 11.6 Å². The lowest BCUT2D eigenvalue weighted by molar-refractivity contribution is 0.0948. The number of nitrogens with one attached hydrogen (secondary N) is 1. The van der Waals surface area contributed by atoms with Crippen LogP contribution in [-0.2, 0) is 7.05 Å². The highest BCUT2D eigenvalue weighted by Crippen LogP contribution is 2.26. The van der Waals surface area contributed by atoms with Gasteiger partial charge in [-0.15, -0.1) is 0 Å². The summed E-state index contributed by atoms with van der Waals surface area (Å²) in [5.74, 6) is 0. The van der Waals surface area contributed by atoms with Crippen molar-refractivity contribution >= 4 is 11.6 Å². The van der Waals surface area contributed by atoms with Crippen molar-refractivity contribution in [1.82, 2.24) is 15.1 Å². The van der Waals surface area contributed by atoms with Crippen molar-refractivity contribution in [1.29, 1.82) is 0 Å². The standard InChI is InChI=1S/C9H14ClF2N3/c1-3-4-13-7(9(11)12)8-6(10)5-14-15(8)2/h5,7,9,13H,3-4H2,1-2H3. The Bertz CT molecular complexity index is 295. The van der Waals surface area contributed by atoms with Crippen LogP contribution in [0.1, 0.15) is 25.1 Å². The molecule has 6 heteroatoms. The Kier molecular flexibility index (Phi) is 4.47. The molecule has 1 N–H and O–H groups in total. The molecule has 0 aliphatic heterocycles. The minimum Gasteiger partial charge on any atom is -0.304 e. The number of halogens is 3. The van der Waals surface area contributed by atoms with E-state index in [1.54, 1.807) is 7.05 Å². The van der Waals surface area contributed by atoms with E-state index >= 15 is 0 Å². The molecule has 0 aromatic carbocycles. The summed E-state index contributed by atoms with van der Waals surface area (Å²) in [5.41, 5.74) is 0.333. The average Bonchev–Trinajstić information content (AvgIpc) is 2.49. The van der Waals surface area contributed by atoms with E-state index < -0.39 is 12.5 Å². The maximum absolute atomic E-state index is 12.8. The molecule has 3 nitrogen and oxygen atoms in total. The monoisotopic (exact) mass is 237 g/mol. The molecule has 0 fully saturated rings. The van der Waals surface area contributed by atoms with Crippen LogP contribution in [0, 0.1) is 0 Å². The second-order valence-corrected chi connectivity index (χ2v) is 3.67. The fourth-order valence-electron chi connectivity index (χ4n) is 1.37. The molecule has 0 bridgehead atoms. The van der Waals surface area contributed by atoms with Gasteiger partial charge in [-0.3, -0.25) is 4.68 Å². The maximum atomic E-state index is 12.8. The largest absolute Gasteiger partial charge is 0.304 e. The number of rotatable bonds is 5. The van der Waals surface area contributed by atoms with Crippen LogP contribution in [-0.4, -0.2) is 22.8 Å². The minimum absolute atomic E-state index is 0.270. The zero-order valence-corrected chi connectivity index (χ0v) is 9.43. The lowest BCUT2D eigenvalue weighted by Crippen LogP contribution is -2.30. The van der Waals surface area contributed by atoms with E-state index in [-0.39, 0.29) is 5.02 Å². The number of aromatic nitrogens is 2. The van der Waals surface area contributed by atoms with Gasteiger partial charge in [-0.25, -0.2) is 8.78 Å². The van der Waals surface area contributed by atoms with Crippen LogP contribution < -0.4 is 5.32 Å². The van der Waals surface area contributed by atoms with Crippen molar-refractivity contribution in [3.63, 3.8) is 0 Å². The highest BCUT2D eigenvalue weighted by atomic mass is 35.5. The highest BCUT2D eigenvalue weighted by molar-refractivity contribution is 6.31. The van der Waals surface area contributed by atoms with Crippen molar-refractivity contribution in [3.8, 4) is 0 Å². The summed E-state index contributed by atoms with van der Waals surface area (Å²) in [7, 11) is 1.60. The predicted molar refractivity (Wildman–Crippen MR) is 55.3 cm³/mol. The molecule has 86 valence electrons. The molecule has 1 unspecified atom stereocenters. The smallest absolute Gasteiger partial charge is 0.259 e. The Morgan fingerprint density at radius 3 is 2.67 bits per heavy atom. The van der Waals surface area contributed by atoms with Crippen LogP contribution in [0.3, 0.4) is 0 Å². The van der Waals surface area contributed by atoms with Gasteiger partial charge < -0.3 is 5.32 Å². The van der Waals surface area contributed by atoms with Crippen molar-refractivity contribution in [3.05, 3.63) is 16.9 Å². The fraction of sp³-hybridized carbons (Fsp3) is 0.667. The van der Waals surface area contributed by atoms with Crippen LogP contribution >= 0.6 is 11.6 Å². The molecule has 0 amide bonds. The van der Waals surface area contributed by atoms with E-state index in [1.165, 1.54) is 10.9 Å². The van der Waals surface area contributed by atoms with Gasteiger partial charge in [0.05, 0.1) is 16.9 Å². The molecular formula is C9H14ClF2N3. The Hall–Kier alpha value is -0.680. The number of hydrogen-bond acceptors (Lipinski definition) is 2. The van der Waals surface area contributed by atoms with Crippen LogP contribution in [0.5, 0.6) is 0 Å². The molecule has 1 atom stereocenters. The third-order valence-electron chi connectivity index (χ3n) is 2.10. The van der Waals surface area contributed by atoms with E-state index in [2.05, 4.69) is 10.4 Å². The summed E-state index contributed by atoms with van der Waals surface area (Å²) in [6.45, 7) is 2.44. The van der Waals surface area contributed by atoms with Gasteiger partial charge in [-0.05, 0) is 13.0 Å². The van der Waals surface area contributed by atoms with E-state index in [0.29, 0.717) is 12.2 Å². The number of aryl methyl sites for hydroxylation is 1. The molecule has 1 aromatic heterocycles. The van der Waals surface area contributed by atoms with Crippen LogP contribution in [0.4, 0.5) is 8.78 Å². The molecule has 1 aromatic rings. The quantitative estimate of drug-likeness (QED) is 0.852. The second-order valence-electron chi connectivity index (χ2n) is 3.27. The fourth-order valence-corrected chi connectivity index (χ4v) is 1.66. The number of hydrogen-bond donors (Lipinski definition) is 1. The van der Waals surface area contributed by atoms with Crippen molar-refractivity contribution in [2.45, 2.75) is 25.8 Å². The van der Waals surface area contributed by atoms with Gasteiger partial charge in [0.15, 0.2) is 0 Å². The van der Waals surface area contributed by atoms with Gasteiger partial charge in [0.2, 0.25) is 0 Å². The topological polar surface area (TPSA) is 29.9 Å². The first kappa shape index (κ1) is 12.4. The Morgan fingerprint density at radius 1 is 1.60 bits per heavy atom.